The number of hydrogen-bond acceptors (Lipinski definition) is 6. The van der Waals surface area contributed by atoms with Crippen LogP contribution in [0.1, 0.15) is 25.0 Å². The number of barbiturate groups is 1. The van der Waals surface area contributed by atoms with E-state index in [-0.39, 0.29) is 11.3 Å². The molecule has 1 aliphatic heterocycles. The van der Waals surface area contributed by atoms with Crippen LogP contribution in [0.5, 0.6) is 17.2 Å². The molecule has 172 valence electrons. The number of carbonyl (C=O) groups is 3. The van der Waals surface area contributed by atoms with E-state index in [1.54, 1.807) is 56.5 Å². The smallest absolute Gasteiger partial charge is 0.336 e. The molecule has 1 fully saturated rings. The maximum Gasteiger partial charge on any atom is 0.336 e. The monoisotopic (exact) mass is 450 g/mol. The van der Waals surface area contributed by atoms with Gasteiger partial charge in [0.25, 0.3) is 11.8 Å². The van der Waals surface area contributed by atoms with Gasteiger partial charge in [0.1, 0.15) is 11.3 Å². The normalized spacial score (nSPS) is 14.8. The van der Waals surface area contributed by atoms with E-state index in [9.17, 15) is 14.4 Å². The van der Waals surface area contributed by atoms with E-state index in [1.165, 1.54) is 6.08 Å². The van der Waals surface area contributed by atoms with Crippen molar-refractivity contribution in [1.29, 1.82) is 0 Å². The largest absolute Gasteiger partial charge is 0.493 e. The number of hydrogen-bond donors (Lipinski definition) is 1. The van der Waals surface area contributed by atoms with Crippen molar-refractivity contribution in [2.45, 2.75) is 20.3 Å². The number of carbonyl (C=O) groups excluding carboxylic acids is 3. The molecule has 1 saturated heterocycles. The van der Waals surface area contributed by atoms with Gasteiger partial charge < -0.3 is 14.2 Å². The van der Waals surface area contributed by atoms with Crippen molar-refractivity contribution in [2.75, 3.05) is 25.2 Å². The molecule has 4 amide bonds. The van der Waals surface area contributed by atoms with Crippen molar-refractivity contribution < 1.29 is 28.6 Å². The first kappa shape index (κ1) is 23.6. The Morgan fingerprint density at radius 3 is 2.39 bits per heavy atom. The molecule has 0 aromatic heterocycles. The van der Waals surface area contributed by atoms with Crippen LogP contribution < -0.4 is 24.4 Å². The molecule has 0 saturated carbocycles. The van der Waals surface area contributed by atoms with Gasteiger partial charge in [-0.2, -0.15) is 0 Å². The van der Waals surface area contributed by atoms with E-state index in [0.717, 1.165) is 10.5 Å². The van der Waals surface area contributed by atoms with Crippen LogP contribution in [-0.2, 0) is 16.0 Å². The number of anilines is 1. The van der Waals surface area contributed by atoms with Gasteiger partial charge >= 0.3 is 6.03 Å². The number of para-hydroxylation sites is 2. The lowest BCUT2D eigenvalue weighted by atomic mass is 10.0. The molecule has 33 heavy (non-hydrogen) atoms. The predicted octanol–water partition coefficient (Wildman–Crippen LogP) is 3.89. The Hall–Kier alpha value is -4.07. The number of benzene rings is 2. The quantitative estimate of drug-likeness (QED) is 0.354. The summed E-state index contributed by atoms with van der Waals surface area (Å²) in [6, 6.07) is 9.26. The maximum atomic E-state index is 13.3. The number of rotatable bonds is 9. The lowest BCUT2D eigenvalue weighted by Crippen LogP contribution is -2.54. The Bertz CT molecular complexity index is 1120. The molecule has 1 aliphatic rings. The highest BCUT2D eigenvalue weighted by Gasteiger charge is 2.38. The van der Waals surface area contributed by atoms with E-state index in [4.69, 9.17) is 14.2 Å². The summed E-state index contributed by atoms with van der Waals surface area (Å²) >= 11 is 0. The molecule has 0 bridgehead atoms. The third kappa shape index (κ3) is 4.90. The number of methoxy groups -OCH3 is 1. The van der Waals surface area contributed by atoms with Crippen LogP contribution in [0.4, 0.5) is 10.5 Å². The van der Waals surface area contributed by atoms with Crippen LogP contribution in [0.2, 0.25) is 0 Å². The number of allylic oxidation sites excluding steroid dienone is 1. The third-order valence-electron chi connectivity index (χ3n) is 4.84. The summed E-state index contributed by atoms with van der Waals surface area (Å²) in [6.07, 6.45) is 3.63. The van der Waals surface area contributed by atoms with E-state index >= 15 is 0 Å². The molecule has 8 heteroatoms. The minimum atomic E-state index is -0.841. The van der Waals surface area contributed by atoms with Crippen molar-refractivity contribution in [3.05, 3.63) is 65.8 Å². The van der Waals surface area contributed by atoms with E-state index in [2.05, 4.69) is 11.9 Å². The predicted molar refractivity (Wildman–Crippen MR) is 125 cm³/mol. The average Bonchev–Trinajstić information content (AvgIpc) is 2.78. The van der Waals surface area contributed by atoms with Gasteiger partial charge in [-0.3, -0.25) is 14.9 Å². The maximum absolute atomic E-state index is 13.3. The number of amides is 4. The molecular formula is C25H26N2O6. The molecule has 2 aromatic rings. The Labute approximate surface area is 192 Å². The molecule has 1 heterocycles. The van der Waals surface area contributed by atoms with E-state index < -0.39 is 17.8 Å². The standard InChI is InChI=1S/C25H26N2O6/c1-5-10-17-13-16(15-21(33-7-3)22(17)31-4)14-18-23(28)26-25(30)27(24(18)29)19-11-8-9-12-20(19)32-6-2/h5,8-9,11-15H,1,6-7,10H2,2-4H3,(H,26,28,30)/b18-14+. The Kier molecular flexibility index (Phi) is 7.50. The second-order valence-corrected chi connectivity index (χ2v) is 7.00. The number of urea groups is 1. The second-order valence-electron chi connectivity index (χ2n) is 7.00. The first-order chi connectivity index (χ1) is 15.9. The summed E-state index contributed by atoms with van der Waals surface area (Å²) in [5, 5.41) is 2.23. The van der Waals surface area contributed by atoms with Crippen molar-refractivity contribution >= 4 is 29.6 Å². The Balaban J connectivity index is 2.09. The first-order valence-electron chi connectivity index (χ1n) is 10.5. The van der Waals surface area contributed by atoms with Gasteiger partial charge in [0.05, 0.1) is 26.0 Å². The van der Waals surface area contributed by atoms with Gasteiger partial charge in [0.2, 0.25) is 0 Å². The zero-order chi connectivity index (χ0) is 24.0. The number of imide groups is 2. The molecular weight excluding hydrogens is 424 g/mol. The van der Waals surface area contributed by atoms with Crippen LogP contribution in [0.3, 0.4) is 0 Å². The van der Waals surface area contributed by atoms with Gasteiger partial charge in [-0.15, -0.1) is 6.58 Å². The lowest BCUT2D eigenvalue weighted by Gasteiger charge is -2.27. The molecule has 0 radical (unpaired) electrons. The molecule has 0 atom stereocenters. The Morgan fingerprint density at radius 1 is 1.03 bits per heavy atom. The highest BCUT2D eigenvalue weighted by Crippen LogP contribution is 2.35. The first-order valence-corrected chi connectivity index (χ1v) is 10.5. The third-order valence-corrected chi connectivity index (χ3v) is 4.84. The highest BCUT2D eigenvalue weighted by molar-refractivity contribution is 6.39. The van der Waals surface area contributed by atoms with Crippen LogP contribution in [0.25, 0.3) is 6.08 Å². The summed E-state index contributed by atoms with van der Waals surface area (Å²) < 4.78 is 16.7. The van der Waals surface area contributed by atoms with Crippen LogP contribution >= 0.6 is 0 Å². The summed E-state index contributed by atoms with van der Waals surface area (Å²) in [6.45, 7) is 8.15. The van der Waals surface area contributed by atoms with Crippen LogP contribution in [0.15, 0.2) is 54.6 Å². The van der Waals surface area contributed by atoms with Crippen molar-refractivity contribution in [3.8, 4) is 17.2 Å². The molecule has 0 unspecified atom stereocenters. The van der Waals surface area contributed by atoms with Gasteiger partial charge in [-0.1, -0.05) is 18.2 Å². The number of nitrogens with one attached hydrogen (secondary N) is 1. The highest BCUT2D eigenvalue weighted by atomic mass is 16.5. The number of nitrogens with zero attached hydrogens (tertiary/aromatic N) is 1. The molecule has 3 rings (SSSR count). The van der Waals surface area contributed by atoms with E-state index in [1.807, 2.05) is 6.92 Å². The summed E-state index contributed by atoms with van der Waals surface area (Å²) in [5.74, 6) is -0.150. The zero-order valence-electron chi connectivity index (χ0n) is 18.8. The van der Waals surface area contributed by atoms with Gasteiger partial charge in [0.15, 0.2) is 11.5 Å². The van der Waals surface area contributed by atoms with Gasteiger partial charge in [-0.25, -0.2) is 9.69 Å². The molecule has 0 spiro atoms. The topological polar surface area (TPSA) is 94.2 Å². The Morgan fingerprint density at radius 2 is 1.73 bits per heavy atom. The molecule has 2 aromatic carbocycles. The lowest BCUT2D eigenvalue weighted by molar-refractivity contribution is -0.122. The number of ether oxygens (including phenoxy) is 3. The summed E-state index contributed by atoms with van der Waals surface area (Å²) in [4.78, 5) is 39.4. The summed E-state index contributed by atoms with van der Waals surface area (Å²) in [5.41, 5.74) is 1.38. The second kappa shape index (κ2) is 10.5. The minimum Gasteiger partial charge on any atom is -0.493 e. The minimum absolute atomic E-state index is 0.196. The van der Waals surface area contributed by atoms with E-state index in [0.29, 0.717) is 42.4 Å². The molecule has 1 N–H and O–H groups in total. The van der Waals surface area contributed by atoms with Crippen molar-refractivity contribution in [3.63, 3.8) is 0 Å². The van der Waals surface area contributed by atoms with Crippen LogP contribution in [-0.4, -0.2) is 38.2 Å². The van der Waals surface area contributed by atoms with Crippen molar-refractivity contribution in [1.82, 2.24) is 5.32 Å². The van der Waals surface area contributed by atoms with Crippen molar-refractivity contribution in [2.24, 2.45) is 0 Å². The van der Waals surface area contributed by atoms with Crippen LogP contribution in [0, 0.1) is 0 Å². The molecule has 0 aliphatic carbocycles. The molecule has 8 nitrogen and oxygen atoms in total. The SMILES string of the molecule is C=CCc1cc(/C=C2\C(=O)NC(=O)N(c3ccccc3OCC)C2=O)cc(OCC)c1OC. The fourth-order valence-electron chi connectivity index (χ4n) is 3.53. The summed E-state index contributed by atoms with van der Waals surface area (Å²) in [7, 11) is 1.54. The zero-order valence-corrected chi connectivity index (χ0v) is 18.8. The fraction of sp³-hybridized carbons (Fsp3) is 0.240. The van der Waals surface area contributed by atoms with Gasteiger partial charge in [0, 0.05) is 5.56 Å². The fourth-order valence-corrected chi connectivity index (χ4v) is 3.53. The van der Waals surface area contributed by atoms with Gasteiger partial charge in [-0.05, 0) is 56.2 Å². The average molecular weight is 450 g/mol.